The first-order valence-electron chi connectivity index (χ1n) is 6.99. The van der Waals surface area contributed by atoms with E-state index in [9.17, 15) is 4.79 Å². The van der Waals surface area contributed by atoms with Crippen molar-refractivity contribution in [2.24, 2.45) is 0 Å². The Morgan fingerprint density at radius 3 is 2.64 bits per heavy atom. The molecule has 0 saturated heterocycles. The van der Waals surface area contributed by atoms with E-state index in [1.54, 1.807) is 41.2 Å². The summed E-state index contributed by atoms with van der Waals surface area (Å²) in [5, 5.41) is 4.33. The van der Waals surface area contributed by atoms with Gasteiger partial charge in [0.1, 0.15) is 5.69 Å². The van der Waals surface area contributed by atoms with Crippen LogP contribution < -0.4 is 0 Å². The summed E-state index contributed by atoms with van der Waals surface area (Å²) < 4.78 is 1.80. The lowest BCUT2D eigenvalue weighted by Gasteiger charge is -2.15. The van der Waals surface area contributed by atoms with E-state index in [0.717, 1.165) is 11.3 Å². The average molecular weight is 292 g/mol. The number of benzene rings is 1. The van der Waals surface area contributed by atoms with Crippen LogP contribution in [-0.2, 0) is 6.54 Å². The zero-order valence-corrected chi connectivity index (χ0v) is 12.3. The van der Waals surface area contributed by atoms with Gasteiger partial charge in [-0.2, -0.15) is 5.10 Å². The molecule has 5 nitrogen and oxygen atoms in total. The number of rotatable bonds is 4. The van der Waals surface area contributed by atoms with Gasteiger partial charge in [-0.15, -0.1) is 0 Å². The largest absolute Gasteiger partial charge is 0.336 e. The topological polar surface area (TPSA) is 51.0 Å². The predicted molar refractivity (Wildman–Crippen MR) is 83.6 cm³/mol. The monoisotopic (exact) mass is 292 g/mol. The fourth-order valence-corrected chi connectivity index (χ4v) is 2.19. The van der Waals surface area contributed by atoms with Crippen molar-refractivity contribution >= 4 is 5.91 Å². The number of pyridine rings is 1. The number of para-hydroxylation sites is 1. The third kappa shape index (κ3) is 3.03. The summed E-state index contributed by atoms with van der Waals surface area (Å²) in [6.45, 7) is 0.488. The highest BCUT2D eigenvalue weighted by Gasteiger charge is 2.13. The van der Waals surface area contributed by atoms with Crippen LogP contribution in [0.25, 0.3) is 5.69 Å². The zero-order valence-electron chi connectivity index (χ0n) is 12.3. The van der Waals surface area contributed by atoms with Gasteiger partial charge in [-0.25, -0.2) is 4.68 Å². The molecule has 1 amide bonds. The third-order valence-corrected chi connectivity index (χ3v) is 3.31. The Labute approximate surface area is 128 Å². The molecule has 0 aliphatic rings. The van der Waals surface area contributed by atoms with Crippen molar-refractivity contribution < 1.29 is 4.79 Å². The zero-order chi connectivity index (χ0) is 15.4. The average Bonchev–Trinajstić information content (AvgIpc) is 3.04. The molecule has 0 unspecified atom stereocenters. The predicted octanol–water partition coefficient (Wildman–Crippen LogP) is 2.54. The Kier molecular flexibility index (Phi) is 3.96. The maximum absolute atomic E-state index is 12.3. The normalized spacial score (nSPS) is 10.4. The van der Waals surface area contributed by atoms with Gasteiger partial charge in [0.2, 0.25) is 0 Å². The van der Waals surface area contributed by atoms with Crippen molar-refractivity contribution in [3.05, 3.63) is 78.4 Å². The highest BCUT2D eigenvalue weighted by molar-refractivity contribution is 5.91. The molecule has 0 aliphatic carbocycles. The van der Waals surface area contributed by atoms with Crippen molar-refractivity contribution in [1.29, 1.82) is 0 Å². The molecule has 2 heterocycles. The van der Waals surface area contributed by atoms with Crippen LogP contribution in [0.15, 0.2) is 67.1 Å². The molecule has 0 radical (unpaired) electrons. The second kappa shape index (κ2) is 6.22. The van der Waals surface area contributed by atoms with Crippen LogP contribution in [0.5, 0.6) is 0 Å². The number of carbonyl (C=O) groups is 1. The van der Waals surface area contributed by atoms with Gasteiger partial charge in [-0.3, -0.25) is 9.78 Å². The van der Waals surface area contributed by atoms with E-state index in [-0.39, 0.29) is 5.91 Å². The Balaban J connectivity index is 1.71. The first-order valence-corrected chi connectivity index (χ1v) is 6.99. The van der Waals surface area contributed by atoms with Crippen molar-refractivity contribution in [2.45, 2.75) is 6.54 Å². The van der Waals surface area contributed by atoms with Crippen LogP contribution in [0.2, 0.25) is 0 Å². The molecule has 0 bridgehead atoms. The minimum atomic E-state index is -0.104. The minimum Gasteiger partial charge on any atom is -0.336 e. The molecule has 0 aliphatic heterocycles. The quantitative estimate of drug-likeness (QED) is 0.742. The highest BCUT2D eigenvalue weighted by Crippen LogP contribution is 2.10. The third-order valence-electron chi connectivity index (χ3n) is 3.31. The second-order valence-electron chi connectivity index (χ2n) is 5.00. The number of carbonyl (C=O) groups excluding carboxylic acids is 1. The summed E-state index contributed by atoms with van der Waals surface area (Å²) >= 11 is 0. The number of hydrogen-bond acceptors (Lipinski definition) is 3. The van der Waals surface area contributed by atoms with Gasteiger partial charge >= 0.3 is 0 Å². The summed E-state index contributed by atoms with van der Waals surface area (Å²) in [6, 6.07) is 15.2. The molecule has 0 atom stereocenters. The van der Waals surface area contributed by atoms with Crippen molar-refractivity contribution in [1.82, 2.24) is 19.7 Å². The summed E-state index contributed by atoms with van der Waals surface area (Å²) in [6.07, 6.45) is 5.32. The first-order chi connectivity index (χ1) is 10.7. The van der Waals surface area contributed by atoms with Crippen molar-refractivity contribution in [3.8, 4) is 5.69 Å². The van der Waals surface area contributed by atoms with Crippen LogP contribution in [0.1, 0.15) is 16.1 Å². The summed E-state index contributed by atoms with van der Waals surface area (Å²) in [5.41, 5.74) is 2.41. The molecule has 5 heteroatoms. The summed E-state index contributed by atoms with van der Waals surface area (Å²) in [4.78, 5) is 18.0. The number of amides is 1. The van der Waals surface area contributed by atoms with Gasteiger partial charge in [0.15, 0.2) is 0 Å². The molecule has 0 spiro atoms. The van der Waals surface area contributed by atoms with Gasteiger partial charge in [0.25, 0.3) is 5.91 Å². The van der Waals surface area contributed by atoms with Gasteiger partial charge in [-0.05, 0) is 24.3 Å². The Morgan fingerprint density at radius 1 is 1.14 bits per heavy atom. The van der Waals surface area contributed by atoms with E-state index in [1.807, 2.05) is 42.6 Å². The molecular weight excluding hydrogens is 276 g/mol. The molecule has 0 saturated carbocycles. The van der Waals surface area contributed by atoms with Gasteiger partial charge in [-0.1, -0.05) is 24.3 Å². The first kappa shape index (κ1) is 14.0. The van der Waals surface area contributed by atoms with Crippen molar-refractivity contribution in [3.63, 3.8) is 0 Å². The molecule has 110 valence electrons. The summed E-state index contributed by atoms with van der Waals surface area (Å²) in [5.74, 6) is -0.104. The second-order valence-corrected chi connectivity index (χ2v) is 5.00. The maximum Gasteiger partial charge on any atom is 0.272 e. The molecule has 3 aromatic rings. The number of nitrogens with zero attached hydrogens (tertiary/aromatic N) is 4. The number of hydrogen-bond donors (Lipinski definition) is 0. The maximum atomic E-state index is 12.3. The van der Waals surface area contributed by atoms with Crippen molar-refractivity contribution in [2.75, 3.05) is 7.05 Å². The van der Waals surface area contributed by atoms with Crippen LogP contribution in [0.4, 0.5) is 0 Å². The van der Waals surface area contributed by atoms with Gasteiger partial charge in [0.05, 0.1) is 11.9 Å². The molecule has 3 rings (SSSR count). The van der Waals surface area contributed by atoms with Gasteiger partial charge in [0, 0.05) is 31.5 Å². The smallest absolute Gasteiger partial charge is 0.272 e. The van der Waals surface area contributed by atoms with E-state index in [4.69, 9.17) is 0 Å². The van der Waals surface area contributed by atoms with Gasteiger partial charge < -0.3 is 4.90 Å². The number of aromatic nitrogens is 3. The Bertz CT molecular complexity index is 753. The molecular formula is C17H16N4O. The fourth-order valence-electron chi connectivity index (χ4n) is 2.19. The molecule has 1 aromatic carbocycles. The van der Waals surface area contributed by atoms with Crippen LogP contribution in [0, 0.1) is 0 Å². The lowest BCUT2D eigenvalue weighted by molar-refractivity contribution is 0.0779. The Hall–Kier alpha value is -2.95. The van der Waals surface area contributed by atoms with E-state index >= 15 is 0 Å². The minimum absolute atomic E-state index is 0.104. The van der Waals surface area contributed by atoms with Crippen LogP contribution in [-0.4, -0.2) is 32.6 Å². The molecule has 0 fully saturated rings. The van der Waals surface area contributed by atoms with E-state index in [0.29, 0.717) is 12.2 Å². The molecule has 2 aromatic heterocycles. The van der Waals surface area contributed by atoms with Crippen LogP contribution in [0.3, 0.4) is 0 Å². The molecule has 22 heavy (non-hydrogen) atoms. The van der Waals surface area contributed by atoms with E-state index in [1.165, 1.54) is 0 Å². The SMILES string of the molecule is CN(Cc1cnn(-c2ccccc2)c1)C(=O)c1ccccn1. The van der Waals surface area contributed by atoms with Crippen LogP contribution >= 0.6 is 0 Å². The fraction of sp³-hybridized carbons (Fsp3) is 0.118. The Morgan fingerprint density at radius 2 is 1.91 bits per heavy atom. The lowest BCUT2D eigenvalue weighted by Crippen LogP contribution is -2.26. The molecule has 0 N–H and O–H groups in total. The summed E-state index contributed by atoms with van der Waals surface area (Å²) in [7, 11) is 1.76. The standard InChI is InChI=1S/C17H16N4O/c1-20(17(22)16-9-5-6-10-18-16)12-14-11-19-21(13-14)15-7-3-2-4-8-15/h2-11,13H,12H2,1H3. The van der Waals surface area contributed by atoms with E-state index in [2.05, 4.69) is 10.1 Å². The highest BCUT2D eigenvalue weighted by atomic mass is 16.2. The lowest BCUT2D eigenvalue weighted by atomic mass is 10.3. The van der Waals surface area contributed by atoms with E-state index < -0.39 is 0 Å².